The van der Waals surface area contributed by atoms with Gasteiger partial charge in [0.1, 0.15) is 5.56 Å². The first-order valence-corrected chi connectivity index (χ1v) is 6.18. The van der Waals surface area contributed by atoms with Crippen LogP contribution in [0.15, 0.2) is 17.1 Å². The quantitative estimate of drug-likeness (QED) is 0.592. The molecule has 2 rings (SSSR count). The number of aromatic nitrogens is 3. The van der Waals surface area contributed by atoms with E-state index in [1.807, 2.05) is 0 Å². The Bertz CT molecular complexity index is 661. The topological polar surface area (TPSA) is 109 Å². The first kappa shape index (κ1) is 14.2. The van der Waals surface area contributed by atoms with Crippen molar-refractivity contribution in [3.8, 4) is 0 Å². The number of ether oxygens (including phenoxy) is 1. The van der Waals surface area contributed by atoms with E-state index in [1.54, 1.807) is 6.92 Å². The number of aliphatic hydroxyl groups is 1. The van der Waals surface area contributed by atoms with E-state index in [-0.39, 0.29) is 24.7 Å². The molecule has 2 aromatic rings. The van der Waals surface area contributed by atoms with Gasteiger partial charge in [0, 0.05) is 24.5 Å². The fourth-order valence-corrected chi connectivity index (χ4v) is 1.76. The number of amides is 1. The Balaban J connectivity index is 2.09. The molecule has 0 aliphatic carbocycles. The van der Waals surface area contributed by atoms with Crippen LogP contribution < -0.4 is 10.9 Å². The highest BCUT2D eigenvalue weighted by Crippen LogP contribution is 2.06. The number of fused-ring (bicyclic) bond motifs is 1. The smallest absolute Gasteiger partial charge is 0.272 e. The maximum atomic E-state index is 12.0. The molecule has 2 aromatic heterocycles. The van der Waals surface area contributed by atoms with Gasteiger partial charge in [-0.1, -0.05) is 0 Å². The average Bonchev–Trinajstić information content (AvgIpc) is 2.82. The van der Waals surface area contributed by atoms with Crippen LogP contribution in [0.2, 0.25) is 0 Å². The molecule has 8 nitrogen and oxygen atoms in total. The van der Waals surface area contributed by atoms with Crippen molar-refractivity contribution in [2.24, 2.45) is 0 Å². The van der Waals surface area contributed by atoms with Crippen LogP contribution in [0.5, 0.6) is 0 Å². The fourth-order valence-electron chi connectivity index (χ4n) is 1.76. The molecule has 0 saturated carbocycles. The van der Waals surface area contributed by atoms with Crippen molar-refractivity contribution in [1.82, 2.24) is 19.9 Å². The number of aromatic amines is 1. The molecule has 2 heterocycles. The number of H-pyrrole nitrogens is 1. The SMILES string of the molecule is Cc1cc(=O)n2[nH]cc(C(=O)NCCOCCO)c2n1. The molecule has 0 unspecified atom stereocenters. The Labute approximate surface area is 114 Å². The zero-order valence-corrected chi connectivity index (χ0v) is 11.0. The third-order valence-corrected chi connectivity index (χ3v) is 2.64. The maximum absolute atomic E-state index is 12.0. The van der Waals surface area contributed by atoms with Gasteiger partial charge in [0.2, 0.25) is 0 Å². The molecule has 0 radical (unpaired) electrons. The van der Waals surface area contributed by atoms with Gasteiger partial charge < -0.3 is 15.2 Å². The van der Waals surface area contributed by atoms with Crippen LogP contribution in [0.4, 0.5) is 0 Å². The van der Waals surface area contributed by atoms with Gasteiger partial charge in [-0.25, -0.2) is 9.50 Å². The van der Waals surface area contributed by atoms with Crippen molar-refractivity contribution in [3.63, 3.8) is 0 Å². The monoisotopic (exact) mass is 280 g/mol. The molecule has 1 amide bonds. The second kappa shape index (κ2) is 6.31. The van der Waals surface area contributed by atoms with Crippen LogP contribution in [-0.4, -0.2) is 52.0 Å². The minimum Gasteiger partial charge on any atom is -0.394 e. The largest absolute Gasteiger partial charge is 0.394 e. The number of aliphatic hydroxyl groups excluding tert-OH is 1. The van der Waals surface area contributed by atoms with E-state index in [0.717, 1.165) is 0 Å². The summed E-state index contributed by atoms with van der Waals surface area (Å²) in [5.41, 5.74) is 0.879. The lowest BCUT2D eigenvalue weighted by Crippen LogP contribution is -2.28. The van der Waals surface area contributed by atoms with Crippen molar-refractivity contribution >= 4 is 11.6 Å². The molecule has 8 heteroatoms. The van der Waals surface area contributed by atoms with Crippen molar-refractivity contribution in [3.05, 3.63) is 33.9 Å². The molecule has 0 spiro atoms. The molecular weight excluding hydrogens is 264 g/mol. The first-order chi connectivity index (χ1) is 9.63. The van der Waals surface area contributed by atoms with E-state index in [9.17, 15) is 9.59 Å². The zero-order valence-electron chi connectivity index (χ0n) is 11.0. The van der Waals surface area contributed by atoms with Crippen LogP contribution >= 0.6 is 0 Å². The Kier molecular flexibility index (Phi) is 4.49. The zero-order chi connectivity index (χ0) is 14.5. The van der Waals surface area contributed by atoms with Crippen molar-refractivity contribution in [1.29, 1.82) is 0 Å². The summed E-state index contributed by atoms with van der Waals surface area (Å²) in [4.78, 5) is 27.8. The minimum absolute atomic E-state index is 0.0531. The Morgan fingerprint density at radius 2 is 2.35 bits per heavy atom. The van der Waals surface area contributed by atoms with Gasteiger partial charge in [-0.15, -0.1) is 0 Å². The number of hydrogen-bond donors (Lipinski definition) is 3. The number of hydrogen-bond acceptors (Lipinski definition) is 5. The average molecular weight is 280 g/mol. The van der Waals surface area contributed by atoms with E-state index in [1.165, 1.54) is 16.8 Å². The molecule has 0 aliphatic heterocycles. The number of aryl methyl sites for hydroxylation is 1. The highest BCUT2D eigenvalue weighted by molar-refractivity contribution is 5.99. The molecule has 0 aromatic carbocycles. The molecule has 20 heavy (non-hydrogen) atoms. The van der Waals surface area contributed by atoms with Gasteiger partial charge >= 0.3 is 0 Å². The summed E-state index contributed by atoms with van der Waals surface area (Å²) in [6, 6.07) is 1.38. The van der Waals surface area contributed by atoms with Crippen LogP contribution in [0, 0.1) is 6.92 Å². The predicted octanol–water partition coefficient (Wildman–Crippen LogP) is -0.930. The molecule has 0 bridgehead atoms. The van der Waals surface area contributed by atoms with Crippen molar-refractivity contribution in [2.75, 3.05) is 26.4 Å². The van der Waals surface area contributed by atoms with Gasteiger partial charge in [0.05, 0.1) is 19.8 Å². The third-order valence-electron chi connectivity index (χ3n) is 2.64. The molecular formula is C12H16N4O4. The predicted molar refractivity (Wildman–Crippen MR) is 70.8 cm³/mol. The van der Waals surface area contributed by atoms with E-state index < -0.39 is 0 Å². The Morgan fingerprint density at radius 1 is 1.55 bits per heavy atom. The number of carbonyl (C=O) groups excluding carboxylic acids is 1. The summed E-state index contributed by atoms with van der Waals surface area (Å²) in [6.07, 6.45) is 1.44. The molecule has 0 fully saturated rings. The molecule has 0 saturated heterocycles. The highest BCUT2D eigenvalue weighted by atomic mass is 16.5. The first-order valence-electron chi connectivity index (χ1n) is 6.18. The molecule has 0 atom stereocenters. The minimum atomic E-state index is -0.339. The summed E-state index contributed by atoms with van der Waals surface area (Å²) in [7, 11) is 0. The lowest BCUT2D eigenvalue weighted by Gasteiger charge is -2.04. The Morgan fingerprint density at radius 3 is 3.10 bits per heavy atom. The lowest BCUT2D eigenvalue weighted by molar-refractivity contribution is 0.0839. The van der Waals surface area contributed by atoms with Crippen LogP contribution in [0.1, 0.15) is 16.1 Å². The van der Waals surface area contributed by atoms with Gasteiger partial charge in [0.25, 0.3) is 11.5 Å². The lowest BCUT2D eigenvalue weighted by atomic mass is 10.3. The normalized spacial score (nSPS) is 10.9. The number of nitrogens with one attached hydrogen (secondary N) is 2. The van der Waals surface area contributed by atoms with Crippen molar-refractivity contribution < 1.29 is 14.6 Å². The van der Waals surface area contributed by atoms with E-state index in [4.69, 9.17) is 9.84 Å². The summed E-state index contributed by atoms with van der Waals surface area (Å²) in [5.74, 6) is -0.339. The van der Waals surface area contributed by atoms with Gasteiger partial charge in [-0.05, 0) is 6.92 Å². The maximum Gasteiger partial charge on any atom is 0.272 e. The van der Waals surface area contributed by atoms with Gasteiger partial charge in [-0.3, -0.25) is 14.7 Å². The standard InChI is InChI=1S/C12H16N4O4/c1-8-6-10(18)16-11(15-8)9(7-14-16)12(19)13-2-4-20-5-3-17/h6-7,14,17H,2-5H2,1H3,(H,13,19). The second-order valence-corrected chi connectivity index (χ2v) is 4.17. The summed E-state index contributed by atoms with van der Waals surface area (Å²) in [6.45, 7) is 2.49. The molecule has 3 N–H and O–H groups in total. The van der Waals surface area contributed by atoms with Gasteiger partial charge in [0.15, 0.2) is 5.65 Å². The molecule has 108 valence electrons. The molecule has 0 aliphatic rings. The van der Waals surface area contributed by atoms with Crippen molar-refractivity contribution in [2.45, 2.75) is 6.92 Å². The fraction of sp³-hybridized carbons (Fsp3) is 0.417. The van der Waals surface area contributed by atoms with Crippen LogP contribution in [0.3, 0.4) is 0 Å². The third kappa shape index (κ3) is 3.03. The summed E-state index contributed by atoms with van der Waals surface area (Å²) < 4.78 is 6.25. The highest BCUT2D eigenvalue weighted by Gasteiger charge is 2.14. The Hall–Kier alpha value is -2.19. The number of rotatable bonds is 6. The van der Waals surface area contributed by atoms with E-state index >= 15 is 0 Å². The van der Waals surface area contributed by atoms with Crippen LogP contribution in [-0.2, 0) is 4.74 Å². The second-order valence-electron chi connectivity index (χ2n) is 4.17. The summed E-state index contributed by atoms with van der Waals surface area (Å²) in [5, 5.41) is 13.9. The van der Waals surface area contributed by atoms with Crippen LogP contribution in [0.25, 0.3) is 5.65 Å². The van der Waals surface area contributed by atoms with Gasteiger partial charge in [-0.2, -0.15) is 0 Å². The summed E-state index contributed by atoms with van der Waals surface area (Å²) >= 11 is 0. The number of nitrogens with zero attached hydrogens (tertiary/aromatic N) is 2. The number of carbonyl (C=O) groups is 1. The van der Waals surface area contributed by atoms with E-state index in [2.05, 4.69) is 15.4 Å². The van der Waals surface area contributed by atoms with E-state index in [0.29, 0.717) is 30.1 Å².